The zero-order valence-corrected chi connectivity index (χ0v) is 20.1. The standard InChI is InChI=1S/C26H25N9O2/c1-37-21-11-3-2-9-18(21)28-24(36)19-16-22(33-32-19)29-25-31-26(30-23-12-7-15-35(23)25)34-14-6-10-20(34)17-8-4-5-13-27-17/h2-5,7-9,11-13,15-16,20H,6,10,14H2,1H3,(H,28,36)(H2,29,30,31,32,33). The van der Waals surface area contributed by atoms with Gasteiger partial charge in [0.25, 0.3) is 5.91 Å². The van der Waals surface area contributed by atoms with Crippen LogP contribution in [0.25, 0.3) is 5.65 Å². The number of rotatable bonds is 7. The number of carbonyl (C=O) groups is 1. The van der Waals surface area contributed by atoms with Crippen molar-refractivity contribution in [1.82, 2.24) is 29.5 Å². The summed E-state index contributed by atoms with van der Waals surface area (Å²) in [5, 5.41) is 13.1. The van der Waals surface area contributed by atoms with Crippen molar-refractivity contribution in [1.29, 1.82) is 0 Å². The highest BCUT2D eigenvalue weighted by Crippen LogP contribution is 2.34. The Morgan fingerprint density at radius 3 is 2.86 bits per heavy atom. The van der Waals surface area contributed by atoms with Crippen LogP contribution in [0.2, 0.25) is 0 Å². The lowest BCUT2D eigenvalue weighted by molar-refractivity contribution is 0.102. The first-order chi connectivity index (χ1) is 18.2. The molecule has 11 heteroatoms. The molecule has 3 N–H and O–H groups in total. The number of hydrogen-bond acceptors (Lipinski definition) is 8. The van der Waals surface area contributed by atoms with E-state index in [1.807, 2.05) is 59.3 Å². The highest BCUT2D eigenvalue weighted by atomic mass is 16.5. The molecular weight excluding hydrogens is 470 g/mol. The van der Waals surface area contributed by atoms with Crippen LogP contribution in [0.15, 0.2) is 73.1 Å². The van der Waals surface area contributed by atoms with Gasteiger partial charge in [0.2, 0.25) is 11.9 Å². The SMILES string of the molecule is COc1ccccc1NC(=O)c1cc(Nc2nc(N3CCCC3c3ccccn3)nc3cccn23)n[nH]1. The molecule has 0 saturated carbocycles. The summed E-state index contributed by atoms with van der Waals surface area (Å²) < 4.78 is 7.16. The minimum Gasteiger partial charge on any atom is -0.495 e. The Labute approximate surface area is 212 Å². The van der Waals surface area contributed by atoms with Gasteiger partial charge in [-0.15, -0.1) is 0 Å². The number of ether oxygens (including phenoxy) is 1. The third-order valence-corrected chi connectivity index (χ3v) is 6.33. The molecule has 0 radical (unpaired) electrons. The average Bonchev–Trinajstić information content (AvgIpc) is 3.70. The van der Waals surface area contributed by atoms with Crippen LogP contribution in [0.4, 0.5) is 23.4 Å². The van der Waals surface area contributed by atoms with Crippen LogP contribution in [0.5, 0.6) is 5.75 Å². The van der Waals surface area contributed by atoms with E-state index in [1.54, 1.807) is 25.3 Å². The number of methoxy groups -OCH3 is 1. The summed E-state index contributed by atoms with van der Waals surface area (Å²) in [5.74, 6) is 1.84. The largest absolute Gasteiger partial charge is 0.495 e. The van der Waals surface area contributed by atoms with Crippen molar-refractivity contribution in [3.63, 3.8) is 0 Å². The van der Waals surface area contributed by atoms with Crippen LogP contribution in [0.1, 0.15) is 35.1 Å². The zero-order valence-electron chi connectivity index (χ0n) is 20.1. The summed E-state index contributed by atoms with van der Waals surface area (Å²) in [5.41, 5.74) is 2.62. The molecule has 0 spiro atoms. The Bertz CT molecular complexity index is 1550. The maximum absolute atomic E-state index is 12.8. The van der Waals surface area contributed by atoms with Crippen LogP contribution >= 0.6 is 0 Å². The monoisotopic (exact) mass is 495 g/mol. The summed E-state index contributed by atoms with van der Waals surface area (Å²) in [6.45, 7) is 0.841. The van der Waals surface area contributed by atoms with Gasteiger partial charge in [0.05, 0.1) is 24.5 Å². The third-order valence-electron chi connectivity index (χ3n) is 6.33. The normalized spacial score (nSPS) is 15.2. The fraction of sp³-hybridized carbons (Fsp3) is 0.192. The second-order valence-corrected chi connectivity index (χ2v) is 8.64. The van der Waals surface area contributed by atoms with Gasteiger partial charge in [0, 0.05) is 25.0 Å². The molecule has 0 aliphatic carbocycles. The number of para-hydroxylation sites is 2. The Hall–Kier alpha value is -4.93. The summed E-state index contributed by atoms with van der Waals surface area (Å²) >= 11 is 0. The lowest BCUT2D eigenvalue weighted by Crippen LogP contribution is -2.26. The summed E-state index contributed by atoms with van der Waals surface area (Å²) in [6, 6.07) is 18.8. The minimum atomic E-state index is -0.338. The lowest BCUT2D eigenvalue weighted by Gasteiger charge is -2.24. The summed E-state index contributed by atoms with van der Waals surface area (Å²) in [6.07, 6.45) is 5.71. The van der Waals surface area contributed by atoms with Crippen molar-refractivity contribution in [3.8, 4) is 5.75 Å². The summed E-state index contributed by atoms with van der Waals surface area (Å²) in [7, 11) is 1.56. The van der Waals surface area contributed by atoms with Gasteiger partial charge in [-0.3, -0.25) is 19.3 Å². The van der Waals surface area contributed by atoms with Crippen LogP contribution in [-0.4, -0.2) is 49.1 Å². The molecule has 186 valence electrons. The van der Waals surface area contributed by atoms with Gasteiger partial charge >= 0.3 is 0 Å². The molecule has 6 rings (SSSR count). The molecule has 4 aromatic heterocycles. The van der Waals surface area contributed by atoms with Crippen molar-refractivity contribution >= 4 is 35.0 Å². The number of anilines is 4. The molecule has 1 unspecified atom stereocenters. The van der Waals surface area contributed by atoms with Gasteiger partial charge in [-0.25, -0.2) is 0 Å². The zero-order chi connectivity index (χ0) is 25.2. The van der Waals surface area contributed by atoms with Crippen molar-refractivity contribution in [2.75, 3.05) is 29.2 Å². The number of fused-ring (bicyclic) bond motifs is 1. The van der Waals surface area contributed by atoms with E-state index in [1.165, 1.54) is 0 Å². The molecule has 0 bridgehead atoms. The second kappa shape index (κ2) is 9.61. The van der Waals surface area contributed by atoms with Crippen LogP contribution in [0, 0.1) is 0 Å². The third kappa shape index (κ3) is 4.42. The Balaban J connectivity index is 1.26. The number of nitrogens with zero attached hydrogens (tertiary/aromatic N) is 6. The molecule has 1 fully saturated rings. The van der Waals surface area contributed by atoms with E-state index in [4.69, 9.17) is 14.7 Å². The maximum Gasteiger partial charge on any atom is 0.273 e. The number of hydrogen-bond donors (Lipinski definition) is 3. The first kappa shape index (κ1) is 22.5. The molecule has 5 heterocycles. The van der Waals surface area contributed by atoms with Crippen LogP contribution in [-0.2, 0) is 0 Å². The number of nitrogens with one attached hydrogen (secondary N) is 3. The van der Waals surface area contributed by atoms with Crippen molar-refractivity contribution in [2.45, 2.75) is 18.9 Å². The highest BCUT2D eigenvalue weighted by molar-refractivity contribution is 6.04. The fourth-order valence-electron chi connectivity index (χ4n) is 4.58. The predicted molar refractivity (Wildman–Crippen MR) is 139 cm³/mol. The molecule has 11 nitrogen and oxygen atoms in total. The van der Waals surface area contributed by atoms with E-state index in [-0.39, 0.29) is 11.9 Å². The molecule has 1 amide bonds. The predicted octanol–water partition coefficient (Wildman–Crippen LogP) is 4.19. The molecular formula is C26H25N9O2. The number of amides is 1. The van der Waals surface area contributed by atoms with Crippen molar-refractivity contribution in [2.24, 2.45) is 0 Å². The van der Waals surface area contributed by atoms with Gasteiger partial charge in [0.1, 0.15) is 17.1 Å². The molecule has 1 aliphatic rings. The molecule has 1 atom stereocenters. The van der Waals surface area contributed by atoms with Crippen LogP contribution < -0.4 is 20.3 Å². The molecule has 5 aromatic rings. The van der Waals surface area contributed by atoms with E-state index in [2.05, 4.69) is 30.7 Å². The van der Waals surface area contributed by atoms with E-state index in [0.717, 1.165) is 30.7 Å². The first-order valence-corrected chi connectivity index (χ1v) is 12.0. The van der Waals surface area contributed by atoms with Gasteiger partial charge in [0.15, 0.2) is 5.82 Å². The smallest absolute Gasteiger partial charge is 0.273 e. The van der Waals surface area contributed by atoms with E-state index in [9.17, 15) is 4.79 Å². The van der Waals surface area contributed by atoms with Crippen molar-refractivity contribution in [3.05, 3.63) is 84.4 Å². The van der Waals surface area contributed by atoms with E-state index in [0.29, 0.717) is 34.8 Å². The number of pyridine rings is 1. The number of carbonyl (C=O) groups excluding carboxylic acids is 1. The first-order valence-electron chi connectivity index (χ1n) is 12.0. The van der Waals surface area contributed by atoms with E-state index < -0.39 is 0 Å². The number of aromatic nitrogens is 6. The maximum atomic E-state index is 12.8. The van der Waals surface area contributed by atoms with Gasteiger partial charge in [-0.1, -0.05) is 18.2 Å². The number of benzene rings is 1. The van der Waals surface area contributed by atoms with Crippen LogP contribution in [0.3, 0.4) is 0 Å². The molecule has 1 aliphatic heterocycles. The summed E-state index contributed by atoms with van der Waals surface area (Å²) in [4.78, 5) is 29.2. The lowest BCUT2D eigenvalue weighted by atomic mass is 10.1. The topological polar surface area (TPSA) is 125 Å². The van der Waals surface area contributed by atoms with Crippen molar-refractivity contribution < 1.29 is 9.53 Å². The van der Waals surface area contributed by atoms with E-state index >= 15 is 0 Å². The minimum absolute atomic E-state index is 0.113. The van der Waals surface area contributed by atoms with Gasteiger partial charge in [-0.2, -0.15) is 15.1 Å². The number of H-pyrrole nitrogens is 1. The fourth-order valence-corrected chi connectivity index (χ4v) is 4.58. The molecule has 1 saturated heterocycles. The Morgan fingerprint density at radius 1 is 1.11 bits per heavy atom. The van der Waals surface area contributed by atoms with Gasteiger partial charge in [-0.05, 0) is 49.2 Å². The van der Waals surface area contributed by atoms with Gasteiger partial charge < -0.3 is 20.3 Å². The highest BCUT2D eigenvalue weighted by Gasteiger charge is 2.30. The molecule has 1 aromatic carbocycles. The average molecular weight is 496 g/mol. The quantitative estimate of drug-likeness (QED) is 0.307. The Kier molecular flexibility index (Phi) is 5.85. The second-order valence-electron chi connectivity index (χ2n) is 8.64. The molecule has 37 heavy (non-hydrogen) atoms. The Morgan fingerprint density at radius 2 is 2.00 bits per heavy atom. The number of aromatic amines is 1.